The van der Waals surface area contributed by atoms with Crippen molar-refractivity contribution in [3.05, 3.63) is 82.1 Å². The fraction of sp³-hybridized carbons (Fsp3) is 0.136. The van der Waals surface area contributed by atoms with Crippen LogP contribution in [-0.4, -0.2) is 32.8 Å². The van der Waals surface area contributed by atoms with Gasteiger partial charge in [-0.25, -0.2) is 13.8 Å². The lowest BCUT2D eigenvalue weighted by molar-refractivity contribution is 0.311. The SMILES string of the molecule is NCc1cc(F)ccc1-c1nc(NCCO)nc2c1ccc(=O)n2-c1ccccc1F. The molecule has 31 heavy (non-hydrogen) atoms. The minimum atomic E-state index is -0.591. The lowest BCUT2D eigenvalue weighted by Gasteiger charge is -2.16. The molecule has 0 aliphatic heterocycles. The highest BCUT2D eigenvalue weighted by Gasteiger charge is 2.18. The highest BCUT2D eigenvalue weighted by atomic mass is 19.1. The standard InChI is InChI=1S/C22H19F2N5O2/c23-14-5-6-15(13(11-14)12-25)20-16-7-8-19(31)29(18-4-2-1-3-17(18)24)21(16)28-22(27-20)26-9-10-30/h1-8,11,30H,9-10,12,25H2,(H,26,27,28). The van der Waals surface area contributed by atoms with E-state index in [4.69, 9.17) is 5.73 Å². The van der Waals surface area contributed by atoms with Crippen molar-refractivity contribution in [1.82, 2.24) is 14.5 Å². The number of hydrogen-bond donors (Lipinski definition) is 3. The van der Waals surface area contributed by atoms with Gasteiger partial charge in [0.15, 0.2) is 5.65 Å². The summed E-state index contributed by atoms with van der Waals surface area (Å²) < 4.78 is 29.5. The first-order valence-corrected chi connectivity index (χ1v) is 9.55. The summed E-state index contributed by atoms with van der Waals surface area (Å²) in [5, 5.41) is 12.5. The molecule has 2 aromatic carbocycles. The number of nitrogens with one attached hydrogen (secondary N) is 1. The fourth-order valence-corrected chi connectivity index (χ4v) is 3.40. The van der Waals surface area contributed by atoms with Gasteiger partial charge in [-0.15, -0.1) is 0 Å². The monoisotopic (exact) mass is 423 g/mol. The van der Waals surface area contributed by atoms with Crippen LogP contribution >= 0.6 is 0 Å². The van der Waals surface area contributed by atoms with E-state index >= 15 is 0 Å². The van der Waals surface area contributed by atoms with Crippen LogP contribution in [0.3, 0.4) is 0 Å². The third-order valence-electron chi connectivity index (χ3n) is 4.78. The van der Waals surface area contributed by atoms with Gasteiger partial charge in [-0.05, 0) is 42.0 Å². The van der Waals surface area contributed by atoms with Gasteiger partial charge in [0.1, 0.15) is 11.6 Å². The first-order chi connectivity index (χ1) is 15.0. The van der Waals surface area contributed by atoms with Crippen molar-refractivity contribution in [2.75, 3.05) is 18.5 Å². The van der Waals surface area contributed by atoms with E-state index in [-0.39, 0.29) is 37.0 Å². The maximum Gasteiger partial charge on any atom is 0.256 e. The lowest BCUT2D eigenvalue weighted by Crippen LogP contribution is -2.21. The first-order valence-electron chi connectivity index (χ1n) is 9.55. The Kier molecular flexibility index (Phi) is 5.70. The number of nitrogens with zero attached hydrogens (tertiary/aromatic N) is 3. The molecule has 158 valence electrons. The molecular weight excluding hydrogens is 404 g/mol. The van der Waals surface area contributed by atoms with E-state index in [9.17, 15) is 18.7 Å². The second-order valence-corrected chi connectivity index (χ2v) is 6.75. The minimum Gasteiger partial charge on any atom is -0.395 e. The van der Waals surface area contributed by atoms with Gasteiger partial charge in [-0.3, -0.25) is 9.36 Å². The number of aromatic nitrogens is 3. The summed E-state index contributed by atoms with van der Waals surface area (Å²) in [7, 11) is 0. The molecule has 0 saturated carbocycles. The van der Waals surface area contributed by atoms with Crippen LogP contribution in [0.1, 0.15) is 5.56 Å². The number of hydrogen-bond acceptors (Lipinski definition) is 6. The zero-order valence-electron chi connectivity index (χ0n) is 16.3. The first kappa shape index (κ1) is 20.6. The van der Waals surface area contributed by atoms with Crippen LogP contribution in [0, 0.1) is 11.6 Å². The Morgan fingerprint density at radius 1 is 1.06 bits per heavy atom. The molecule has 0 bridgehead atoms. The number of para-hydroxylation sites is 1. The van der Waals surface area contributed by atoms with Gasteiger partial charge in [-0.1, -0.05) is 12.1 Å². The van der Waals surface area contributed by atoms with Crippen LogP contribution in [-0.2, 0) is 6.54 Å². The average Bonchev–Trinajstić information content (AvgIpc) is 2.77. The predicted molar refractivity (Wildman–Crippen MR) is 114 cm³/mol. The second kappa shape index (κ2) is 8.58. The van der Waals surface area contributed by atoms with Crippen LogP contribution in [0.15, 0.2) is 59.4 Å². The number of aliphatic hydroxyl groups is 1. The molecule has 9 heteroatoms. The molecule has 4 rings (SSSR count). The normalized spacial score (nSPS) is 11.1. The predicted octanol–water partition coefficient (Wildman–Crippen LogP) is 2.59. The Morgan fingerprint density at radius 3 is 2.61 bits per heavy atom. The fourth-order valence-electron chi connectivity index (χ4n) is 3.40. The third kappa shape index (κ3) is 3.88. The van der Waals surface area contributed by atoms with E-state index < -0.39 is 17.2 Å². The number of aliphatic hydroxyl groups excluding tert-OH is 1. The summed E-state index contributed by atoms with van der Waals surface area (Å²) in [5.74, 6) is -0.907. The van der Waals surface area contributed by atoms with Crippen molar-refractivity contribution < 1.29 is 13.9 Å². The molecule has 4 aromatic rings. The molecule has 0 saturated heterocycles. The molecular formula is C22H19F2N5O2. The minimum absolute atomic E-state index is 0.0361. The van der Waals surface area contributed by atoms with E-state index in [1.165, 1.54) is 36.4 Å². The number of rotatable bonds is 6. The molecule has 0 spiro atoms. The number of anilines is 1. The van der Waals surface area contributed by atoms with E-state index in [1.807, 2.05) is 0 Å². The van der Waals surface area contributed by atoms with Crippen LogP contribution < -0.4 is 16.6 Å². The second-order valence-electron chi connectivity index (χ2n) is 6.75. The van der Waals surface area contributed by atoms with Crippen molar-refractivity contribution in [3.8, 4) is 16.9 Å². The number of benzene rings is 2. The van der Waals surface area contributed by atoms with E-state index in [1.54, 1.807) is 18.2 Å². The van der Waals surface area contributed by atoms with Crippen molar-refractivity contribution in [2.24, 2.45) is 5.73 Å². The zero-order chi connectivity index (χ0) is 22.0. The zero-order valence-corrected chi connectivity index (χ0v) is 16.3. The molecule has 0 radical (unpaired) electrons. The van der Waals surface area contributed by atoms with Gasteiger partial charge in [0.2, 0.25) is 5.95 Å². The van der Waals surface area contributed by atoms with Gasteiger partial charge < -0.3 is 16.2 Å². The van der Waals surface area contributed by atoms with Crippen molar-refractivity contribution in [2.45, 2.75) is 6.54 Å². The van der Waals surface area contributed by atoms with Gasteiger partial charge in [0, 0.05) is 30.1 Å². The van der Waals surface area contributed by atoms with Crippen molar-refractivity contribution in [1.29, 1.82) is 0 Å². The quantitative estimate of drug-likeness (QED) is 0.440. The molecule has 4 N–H and O–H groups in total. The van der Waals surface area contributed by atoms with Crippen LogP contribution in [0.5, 0.6) is 0 Å². The number of pyridine rings is 1. The van der Waals surface area contributed by atoms with Crippen LogP contribution in [0.4, 0.5) is 14.7 Å². The Labute approximate surface area is 175 Å². The summed E-state index contributed by atoms with van der Waals surface area (Å²) in [6, 6.07) is 12.9. The highest BCUT2D eigenvalue weighted by Crippen LogP contribution is 2.31. The Bertz CT molecular complexity index is 1320. The Balaban J connectivity index is 2.09. The van der Waals surface area contributed by atoms with E-state index in [0.717, 1.165) is 4.57 Å². The van der Waals surface area contributed by atoms with E-state index in [2.05, 4.69) is 15.3 Å². The molecule has 2 heterocycles. The maximum atomic E-state index is 14.6. The van der Waals surface area contributed by atoms with Crippen molar-refractivity contribution >= 4 is 17.0 Å². The Hall–Kier alpha value is -3.69. The third-order valence-corrected chi connectivity index (χ3v) is 4.78. The molecule has 0 amide bonds. The summed E-state index contributed by atoms with van der Waals surface area (Å²) in [6.45, 7) is 0.0516. The van der Waals surface area contributed by atoms with Gasteiger partial charge >= 0.3 is 0 Å². The summed E-state index contributed by atoms with van der Waals surface area (Å²) in [6.07, 6.45) is 0. The molecule has 0 aliphatic carbocycles. The lowest BCUT2D eigenvalue weighted by atomic mass is 10.0. The smallest absolute Gasteiger partial charge is 0.256 e. The molecule has 0 atom stereocenters. The van der Waals surface area contributed by atoms with Crippen molar-refractivity contribution in [3.63, 3.8) is 0 Å². The topological polar surface area (TPSA) is 106 Å². The molecule has 2 aromatic heterocycles. The van der Waals surface area contributed by atoms with Gasteiger partial charge in [0.05, 0.1) is 18.0 Å². The summed E-state index contributed by atoms with van der Waals surface area (Å²) in [5.41, 5.74) is 7.01. The average molecular weight is 423 g/mol. The number of fused-ring (bicyclic) bond motifs is 1. The largest absolute Gasteiger partial charge is 0.395 e. The summed E-state index contributed by atoms with van der Waals surface area (Å²) in [4.78, 5) is 21.7. The van der Waals surface area contributed by atoms with E-state index in [0.29, 0.717) is 22.2 Å². The number of nitrogens with two attached hydrogens (primary N) is 1. The van der Waals surface area contributed by atoms with Crippen LogP contribution in [0.2, 0.25) is 0 Å². The Morgan fingerprint density at radius 2 is 1.87 bits per heavy atom. The molecule has 0 aliphatic rings. The molecule has 7 nitrogen and oxygen atoms in total. The summed E-state index contributed by atoms with van der Waals surface area (Å²) >= 11 is 0. The highest BCUT2D eigenvalue weighted by molar-refractivity contribution is 5.93. The molecule has 0 unspecified atom stereocenters. The van der Waals surface area contributed by atoms with Crippen LogP contribution in [0.25, 0.3) is 28.0 Å². The molecule has 0 fully saturated rings. The number of halogens is 2. The maximum absolute atomic E-state index is 14.6. The van der Waals surface area contributed by atoms with Gasteiger partial charge in [-0.2, -0.15) is 4.98 Å². The van der Waals surface area contributed by atoms with Gasteiger partial charge in [0.25, 0.3) is 5.56 Å².